The molecule has 0 aromatic carbocycles. The summed E-state index contributed by atoms with van der Waals surface area (Å²) in [5, 5.41) is 0. The molecule has 2 saturated heterocycles. The summed E-state index contributed by atoms with van der Waals surface area (Å²) < 4.78 is 0. The van der Waals surface area contributed by atoms with Crippen LogP contribution >= 0.6 is 0 Å². The number of piperazine rings is 1. The monoisotopic (exact) mass is 345 g/mol. The summed E-state index contributed by atoms with van der Waals surface area (Å²) in [7, 11) is 0. The van der Waals surface area contributed by atoms with Crippen LogP contribution in [0.3, 0.4) is 0 Å². The maximum absolute atomic E-state index is 13.1. The Morgan fingerprint density at radius 2 is 1.32 bits per heavy atom. The van der Waals surface area contributed by atoms with E-state index in [0.29, 0.717) is 0 Å². The zero-order valence-electron chi connectivity index (χ0n) is 15.3. The molecule has 138 valence electrons. The molecule has 0 spiro atoms. The van der Waals surface area contributed by atoms with E-state index in [1.54, 1.807) is 0 Å². The van der Waals surface area contributed by atoms with Gasteiger partial charge in [-0.2, -0.15) is 0 Å². The van der Waals surface area contributed by atoms with Crippen molar-refractivity contribution in [2.24, 2.45) is 11.8 Å². The maximum Gasteiger partial charge on any atom is 0.226 e. The van der Waals surface area contributed by atoms with E-state index in [4.69, 9.17) is 6.42 Å². The zero-order chi connectivity index (χ0) is 17.6. The quantitative estimate of drug-likeness (QED) is 0.727. The van der Waals surface area contributed by atoms with Gasteiger partial charge in [0.25, 0.3) is 0 Å². The molecule has 2 heterocycles. The predicted octanol–water partition coefficient (Wildman–Crippen LogP) is 1.58. The average Bonchev–Trinajstić information content (AvgIpc) is 3.20. The van der Waals surface area contributed by atoms with Gasteiger partial charge in [0, 0.05) is 64.1 Å². The lowest BCUT2D eigenvalue weighted by molar-refractivity contribution is -0.148. The van der Waals surface area contributed by atoms with Gasteiger partial charge < -0.3 is 9.80 Å². The highest BCUT2D eigenvalue weighted by molar-refractivity contribution is 5.88. The van der Waals surface area contributed by atoms with E-state index in [0.717, 1.165) is 90.8 Å². The summed E-state index contributed by atoms with van der Waals surface area (Å²) in [6.45, 7) is 6.00. The Kier molecular flexibility index (Phi) is 6.36. The Labute approximate surface area is 151 Å². The summed E-state index contributed by atoms with van der Waals surface area (Å²) in [6.07, 6.45) is 12.2. The number of rotatable bonds is 4. The molecule has 2 aliphatic heterocycles. The van der Waals surface area contributed by atoms with Crippen molar-refractivity contribution in [1.29, 1.82) is 0 Å². The minimum Gasteiger partial charge on any atom is -0.342 e. The molecule has 1 saturated carbocycles. The fraction of sp³-hybridized carbons (Fsp3) is 0.800. The number of nitrogens with zero attached hydrogens (tertiary/aromatic N) is 3. The smallest absolute Gasteiger partial charge is 0.226 e. The number of amides is 2. The van der Waals surface area contributed by atoms with Crippen LogP contribution in [0.2, 0.25) is 0 Å². The first kappa shape index (κ1) is 18.3. The Balaban J connectivity index is 1.57. The molecule has 0 N–H and O–H groups in total. The van der Waals surface area contributed by atoms with Gasteiger partial charge in [-0.3, -0.25) is 14.5 Å². The number of carbonyl (C=O) groups excluding carboxylic acids is 2. The Morgan fingerprint density at radius 1 is 0.800 bits per heavy atom. The van der Waals surface area contributed by atoms with Crippen molar-refractivity contribution in [1.82, 2.24) is 14.7 Å². The lowest BCUT2D eigenvalue weighted by Crippen LogP contribution is -2.53. The average molecular weight is 345 g/mol. The molecule has 3 aliphatic rings. The zero-order valence-corrected chi connectivity index (χ0v) is 15.3. The van der Waals surface area contributed by atoms with Crippen molar-refractivity contribution in [3.8, 4) is 12.3 Å². The molecule has 0 unspecified atom stereocenters. The molecule has 25 heavy (non-hydrogen) atoms. The third-order valence-electron chi connectivity index (χ3n) is 6.07. The molecule has 5 nitrogen and oxygen atoms in total. The van der Waals surface area contributed by atoms with Gasteiger partial charge in [0.05, 0.1) is 0 Å². The molecule has 2 amide bonds. The van der Waals surface area contributed by atoms with E-state index < -0.39 is 0 Å². The van der Waals surface area contributed by atoms with E-state index in [1.165, 1.54) is 0 Å². The van der Waals surface area contributed by atoms with Crippen LogP contribution in [0.1, 0.15) is 44.9 Å². The van der Waals surface area contributed by atoms with Crippen molar-refractivity contribution in [3.63, 3.8) is 0 Å². The lowest BCUT2D eigenvalue weighted by atomic mass is 9.77. The molecule has 5 heteroatoms. The van der Waals surface area contributed by atoms with Crippen LogP contribution in [-0.4, -0.2) is 72.3 Å². The highest BCUT2D eigenvalue weighted by Crippen LogP contribution is 2.34. The van der Waals surface area contributed by atoms with Crippen LogP contribution < -0.4 is 0 Å². The van der Waals surface area contributed by atoms with Crippen LogP contribution in [0.5, 0.6) is 0 Å². The van der Waals surface area contributed by atoms with E-state index in [-0.39, 0.29) is 23.7 Å². The van der Waals surface area contributed by atoms with E-state index in [1.807, 2.05) is 9.80 Å². The second-order valence-electron chi connectivity index (χ2n) is 7.65. The summed E-state index contributed by atoms with van der Waals surface area (Å²) in [5.74, 6) is 2.95. The first-order valence-corrected chi connectivity index (χ1v) is 9.94. The van der Waals surface area contributed by atoms with Gasteiger partial charge >= 0.3 is 0 Å². The number of hydrogen-bond acceptors (Lipinski definition) is 3. The Hall–Kier alpha value is -1.54. The maximum atomic E-state index is 13.1. The SMILES string of the molecule is C#CCCN1CCN(C(=O)[C@@H]2CCCC[C@H]2C(=O)N2CCCC2)CC1. The summed E-state index contributed by atoms with van der Waals surface area (Å²) in [5.41, 5.74) is 0. The van der Waals surface area contributed by atoms with Crippen LogP contribution in [0.15, 0.2) is 0 Å². The van der Waals surface area contributed by atoms with Crippen molar-refractivity contribution >= 4 is 11.8 Å². The normalized spacial score (nSPS) is 28.0. The first-order chi connectivity index (χ1) is 12.2. The minimum atomic E-state index is -0.0980. The van der Waals surface area contributed by atoms with Crippen LogP contribution in [0, 0.1) is 24.2 Å². The molecule has 0 bridgehead atoms. The highest BCUT2D eigenvalue weighted by Gasteiger charge is 2.40. The second kappa shape index (κ2) is 8.71. The van der Waals surface area contributed by atoms with Crippen LogP contribution in [0.4, 0.5) is 0 Å². The van der Waals surface area contributed by atoms with Gasteiger partial charge in [-0.05, 0) is 25.7 Å². The van der Waals surface area contributed by atoms with Crippen molar-refractivity contribution in [3.05, 3.63) is 0 Å². The van der Waals surface area contributed by atoms with Crippen molar-refractivity contribution < 1.29 is 9.59 Å². The number of terminal acetylenes is 1. The molecule has 0 radical (unpaired) electrons. The van der Waals surface area contributed by atoms with Crippen LogP contribution in [-0.2, 0) is 9.59 Å². The van der Waals surface area contributed by atoms with E-state index >= 15 is 0 Å². The highest BCUT2D eigenvalue weighted by atomic mass is 16.2. The Morgan fingerprint density at radius 3 is 1.84 bits per heavy atom. The summed E-state index contributed by atoms with van der Waals surface area (Å²) in [4.78, 5) is 32.3. The van der Waals surface area contributed by atoms with Gasteiger partial charge in [0.2, 0.25) is 11.8 Å². The minimum absolute atomic E-state index is 0.0844. The molecule has 3 fully saturated rings. The summed E-state index contributed by atoms with van der Waals surface area (Å²) >= 11 is 0. The molecule has 1 aliphatic carbocycles. The van der Waals surface area contributed by atoms with Gasteiger partial charge in [-0.1, -0.05) is 12.8 Å². The topological polar surface area (TPSA) is 43.9 Å². The fourth-order valence-corrected chi connectivity index (χ4v) is 4.54. The largest absolute Gasteiger partial charge is 0.342 e. The molecule has 3 rings (SSSR count). The van der Waals surface area contributed by atoms with Gasteiger partial charge in [-0.25, -0.2) is 0 Å². The number of likely N-dealkylation sites (tertiary alicyclic amines) is 1. The van der Waals surface area contributed by atoms with Gasteiger partial charge in [0.1, 0.15) is 0 Å². The molecular formula is C20H31N3O2. The second-order valence-corrected chi connectivity index (χ2v) is 7.65. The standard InChI is InChI=1S/C20H31N3O2/c1-2-3-10-21-13-15-23(16-14-21)20(25)18-9-5-4-8-17(18)19(24)22-11-6-7-12-22/h1,17-18H,3-16H2/t17-,18-/m1/s1. The third-order valence-corrected chi connectivity index (χ3v) is 6.07. The number of carbonyl (C=O) groups is 2. The first-order valence-electron chi connectivity index (χ1n) is 9.94. The number of hydrogen-bond donors (Lipinski definition) is 0. The molecular weight excluding hydrogens is 314 g/mol. The molecule has 2 atom stereocenters. The van der Waals surface area contributed by atoms with Gasteiger partial charge in [-0.15, -0.1) is 12.3 Å². The van der Waals surface area contributed by atoms with Crippen molar-refractivity contribution in [2.75, 3.05) is 45.8 Å². The molecule has 0 aromatic rings. The van der Waals surface area contributed by atoms with Crippen LogP contribution in [0.25, 0.3) is 0 Å². The van der Waals surface area contributed by atoms with E-state index in [9.17, 15) is 9.59 Å². The summed E-state index contributed by atoms with van der Waals surface area (Å²) in [6, 6.07) is 0. The fourth-order valence-electron chi connectivity index (χ4n) is 4.54. The Bertz CT molecular complexity index is 514. The van der Waals surface area contributed by atoms with Crippen molar-refractivity contribution in [2.45, 2.75) is 44.9 Å². The van der Waals surface area contributed by atoms with E-state index in [2.05, 4.69) is 10.8 Å². The third kappa shape index (κ3) is 4.36. The lowest BCUT2D eigenvalue weighted by Gasteiger charge is -2.39. The predicted molar refractivity (Wildman–Crippen MR) is 97.7 cm³/mol. The van der Waals surface area contributed by atoms with Gasteiger partial charge in [0.15, 0.2) is 0 Å². The molecule has 0 aromatic heterocycles.